The van der Waals surface area contributed by atoms with Crippen molar-refractivity contribution in [3.05, 3.63) is 15.6 Å². The van der Waals surface area contributed by atoms with Gasteiger partial charge in [-0.25, -0.2) is 4.98 Å². The number of rotatable bonds is 8. The van der Waals surface area contributed by atoms with E-state index in [1.54, 1.807) is 7.11 Å². The molecule has 1 heterocycles. The van der Waals surface area contributed by atoms with Crippen LogP contribution in [0.1, 0.15) is 56.1 Å². The molecule has 0 atom stereocenters. The molecule has 0 aromatic carbocycles. The first-order valence-corrected chi connectivity index (χ1v) is 7.99. The minimum absolute atomic E-state index is 0.124. The number of aryl methyl sites for hydroxylation is 1. The van der Waals surface area contributed by atoms with E-state index >= 15 is 0 Å². The van der Waals surface area contributed by atoms with Crippen molar-refractivity contribution in [3.63, 3.8) is 0 Å². The van der Waals surface area contributed by atoms with E-state index in [1.807, 2.05) is 11.3 Å². The third kappa shape index (κ3) is 5.59. The fourth-order valence-corrected chi connectivity index (χ4v) is 3.25. The minimum atomic E-state index is 0.124. The first kappa shape index (κ1) is 16.6. The second-order valence-corrected chi connectivity index (χ2v) is 7.07. The van der Waals surface area contributed by atoms with Crippen molar-refractivity contribution in [1.29, 1.82) is 0 Å². The lowest BCUT2D eigenvalue weighted by atomic mass is 9.91. The molecular formula is C15H28N2OS. The molecule has 3 nitrogen and oxygen atoms in total. The van der Waals surface area contributed by atoms with Gasteiger partial charge in [0.2, 0.25) is 0 Å². The summed E-state index contributed by atoms with van der Waals surface area (Å²) >= 11 is 1.86. The van der Waals surface area contributed by atoms with Gasteiger partial charge in [-0.2, -0.15) is 0 Å². The Balaban J connectivity index is 2.74. The molecule has 1 aromatic heterocycles. The van der Waals surface area contributed by atoms with Gasteiger partial charge in [-0.3, -0.25) is 0 Å². The summed E-state index contributed by atoms with van der Waals surface area (Å²) in [5, 5.41) is 4.74. The van der Waals surface area contributed by atoms with E-state index in [4.69, 9.17) is 9.72 Å². The molecule has 0 spiro atoms. The van der Waals surface area contributed by atoms with Crippen LogP contribution in [0.5, 0.6) is 0 Å². The van der Waals surface area contributed by atoms with Gasteiger partial charge >= 0.3 is 0 Å². The Bertz CT molecular complexity index is 369. The zero-order valence-electron chi connectivity index (χ0n) is 13.0. The van der Waals surface area contributed by atoms with Gasteiger partial charge in [0.25, 0.3) is 0 Å². The molecular weight excluding hydrogens is 256 g/mol. The SMILES string of the molecule is CCCNCc1sc(CCCOC)nc1C(C)(C)C. The van der Waals surface area contributed by atoms with Gasteiger partial charge in [-0.05, 0) is 19.4 Å². The van der Waals surface area contributed by atoms with Crippen LogP contribution in [-0.4, -0.2) is 25.2 Å². The highest BCUT2D eigenvalue weighted by Gasteiger charge is 2.22. The summed E-state index contributed by atoms with van der Waals surface area (Å²) in [5.41, 5.74) is 1.38. The molecule has 0 radical (unpaired) electrons. The summed E-state index contributed by atoms with van der Waals surface area (Å²) in [6.45, 7) is 11.7. The maximum Gasteiger partial charge on any atom is 0.0932 e. The van der Waals surface area contributed by atoms with E-state index < -0.39 is 0 Å². The number of methoxy groups -OCH3 is 1. The van der Waals surface area contributed by atoms with Crippen LogP contribution in [0.2, 0.25) is 0 Å². The fraction of sp³-hybridized carbons (Fsp3) is 0.800. The van der Waals surface area contributed by atoms with Gasteiger partial charge in [0, 0.05) is 37.0 Å². The average molecular weight is 284 g/mol. The highest BCUT2D eigenvalue weighted by atomic mass is 32.1. The standard InChI is InChI=1S/C15H28N2OS/c1-6-9-16-11-12-14(15(2,3)4)17-13(19-12)8-7-10-18-5/h16H,6-11H2,1-5H3. The zero-order chi connectivity index (χ0) is 14.3. The van der Waals surface area contributed by atoms with E-state index in [0.717, 1.165) is 32.5 Å². The summed E-state index contributed by atoms with van der Waals surface area (Å²) in [6, 6.07) is 0. The van der Waals surface area contributed by atoms with Crippen LogP contribution in [0.15, 0.2) is 0 Å². The molecule has 0 aliphatic heterocycles. The summed E-state index contributed by atoms with van der Waals surface area (Å²) in [5.74, 6) is 0. The lowest BCUT2D eigenvalue weighted by molar-refractivity contribution is 0.195. The molecule has 0 bridgehead atoms. The van der Waals surface area contributed by atoms with Crippen LogP contribution in [0.3, 0.4) is 0 Å². The number of nitrogens with one attached hydrogen (secondary N) is 1. The average Bonchev–Trinajstić information content (AvgIpc) is 2.73. The van der Waals surface area contributed by atoms with Gasteiger partial charge in [-0.15, -0.1) is 11.3 Å². The van der Waals surface area contributed by atoms with E-state index in [-0.39, 0.29) is 5.41 Å². The molecule has 0 aliphatic carbocycles. The Labute approximate surface area is 121 Å². The molecule has 1 rings (SSSR count). The summed E-state index contributed by atoms with van der Waals surface area (Å²) < 4.78 is 5.11. The van der Waals surface area contributed by atoms with Crippen LogP contribution >= 0.6 is 11.3 Å². The second kappa shape index (κ2) is 7.98. The van der Waals surface area contributed by atoms with E-state index in [2.05, 4.69) is 33.0 Å². The number of ether oxygens (including phenoxy) is 1. The maximum absolute atomic E-state index is 5.11. The highest BCUT2D eigenvalue weighted by molar-refractivity contribution is 7.11. The molecule has 0 saturated carbocycles. The predicted octanol–water partition coefficient (Wildman–Crippen LogP) is 3.52. The molecule has 0 amide bonds. The lowest BCUT2D eigenvalue weighted by Crippen LogP contribution is -2.19. The number of hydrogen-bond acceptors (Lipinski definition) is 4. The largest absolute Gasteiger partial charge is 0.385 e. The molecule has 0 fully saturated rings. The Kier molecular flexibility index (Phi) is 6.97. The number of aromatic nitrogens is 1. The maximum atomic E-state index is 5.11. The van der Waals surface area contributed by atoms with Crippen molar-refractivity contribution < 1.29 is 4.74 Å². The Morgan fingerprint density at radius 3 is 2.63 bits per heavy atom. The number of thiazole rings is 1. The summed E-state index contributed by atoms with van der Waals surface area (Å²) in [4.78, 5) is 6.25. The second-order valence-electron chi connectivity index (χ2n) is 5.90. The van der Waals surface area contributed by atoms with Gasteiger partial charge < -0.3 is 10.1 Å². The first-order valence-electron chi connectivity index (χ1n) is 7.17. The molecule has 1 aromatic rings. The van der Waals surface area contributed by atoms with Crippen molar-refractivity contribution in [2.75, 3.05) is 20.3 Å². The van der Waals surface area contributed by atoms with Crippen molar-refractivity contribution in [3.8, 4) is 0 Å². The fourth-order valence-electron chi connectivity index (χ4n) is 1.96. The molecule has 1 N–H and O–H groups in total. The lowest BCUT2D eigenvalue weighted by Gasteiger charge is -2.17. The van der Waals surface area contributed by atoms with E-state index in [9.17, 15) is 0 Å². The molecule has 110 valence electrons. The van der Waals surface area contributed by atoms with Crippen molar-refractivity contribution >= 4 is 11.3 Å². The Morgan fingerprint density at radius 2 is 2.05 bits per heavy atom. The van der Waals surface area contributed by atoms with Crippen LogP contribution in [0.25, 0.3) is 0 Å². The van der Waals surface area contributed by atoms with Crippen molar-refractivity contribution in [1.82, 2.24) is 10.3 Å². The van der Waals surface area contributed by atoms with Gasteiger partial charge in [0.05, 0.1) is 10.7 Å². The van der Waals surface area contributed by atoms with E-state index in [1.165, 1.54) is 22.0 Å². The van der Waals surface area contributed by atoms with E-state index in [0.29, 0.717) is 0 Å². The number of hydrogen-bond donors (Lipinski definition) is 1. The topological polar surface area (TPSA) is 34.1 Å². The molecule has 0 aliphatic rings. The summed E-state index contributed by atoms with van der Waals surface area (Å²) in [7, 11) is 1.75. The smallest absolute Gasteiger partial charge is 0.0932 e. The minimum Gasteiger partial charge on any atom is -0.385 e. The normalized spacial score (nSPS) is 12.1. The van der Waals surface area contributed by atoms with Crippen LogP contribution in [-0.2, 0) is 23.1 Å². The van der Waals surface area contributed by atoms with Gasteiger partial charge in [-0.1, -0.05) is 27.7 Å². The highest BCUT2D eigenvalue weighted by Crippen LogP contribution is 2.30. The molecule has 0 saturated heterocycles. The predicted molar refractivity (Wildman–Crippen MR) is 83.0 cm³/mol. The van der Waals surface area contributed by atoms with Crippen molar-refractivity contribution in [2.45, 2.75) is 58.9 Å². The monoisotopic (exact) mass is 284 g/mol. The van der Waals surface area contributed by atoms with Crippen LogP contribution < -0.4 is 5.32 Å². The zero-order valence-corrected chi connectivity index (χ0v) is 13.8. The molecule has 4 heteroatoms. The number of nitrogens with zero attached hydrogens (tertiary/aromatic N) is 1. The van der Waals surface area contributed by atoms with Crippen LogP contribution in [0.4, 0.5) is 0 Å². The third-order valence-corrected chi connectivity index (χ3v) is 4.02. The molecule has 0 unspecified atom stereocenters. The molecule has 19 heavy (non-hydrogen) atoms. The van der Waals surface area contributed by atoms with Crippen molar-refractivity contribution in [2.24, 2.45) is 0 Å². The van der Waals surface area contributed by atoms with Gasteiger partial charge in [0.15, 0.2) is 0 Å². The van der Waals surface area contributed by atoms with Gasteiger partial charge in [0.1, 0.15) is 0 Å². The summed E-state index contributed by atoms with van der Waals surface area (Å²) in [6.07, 6.45) is 3.25. The third-order valence-electron chi connectivity index (χ3n) is 2.90. The van der Waals surface area contributed by atoms with Crippen LogP contribution in [0, 0.1) is 0 Å². The Hall–Kier alpha value is -0.450. The quantitative estimate of drug-likeness (QED) is 0.742. The first-order chi connectivity index (χ1) is 8.99. The Morgan fingerprint density at radius 1 is 1.32 bits per heavy atom.